The number of carbonyl (C=O) groups excluding carboxylic acids is 1. The molecule has 1 aliphatic heterocycles. The Morgan fingerprint density at radius 3 is 2.21 bits per heavy atom. The van der Waals surface area contributed by atoms with Gasteiger partial charge in [0.05, 0.1) is 21.3 Å². The standard InChI is InChI=1S/C28H26O4.C6H7N/c1-30-25-15-20(16-26(31-2)28(25)32-3)27(29)19-9-8-18-11-12-22-21-7-5-4-6-17(21)10-13-23(22)24(18)14-19;1-2-4-6-7-5-3-1/h4-7,11-16,19H,8-10H2,1-3H3;1-7H. The Bertz CT molecular complexity index is 1560. The average Bonchev–Trinajstić information content (AvgIpc) is 3.33. The fourth-order valence-corrected chi connectivity index (χ4v) is 5.37. The molecule has 2 aliphatic carbocycles. The van der Waals surface area contributed by atoms with Crippen LogP contribution in [0, 0.1) is 5.92 Å². The lowest BCUT2D eigenvalue weighted by molar-refractivity contribution is 0.0946. The van der Waals surface area contributed by atoms with Crippen LogP contribution in [0.3, 0.4) is 0 Å². The highest BCUT2D eigenvalue weighted by atomic mass is 16.5. The van der Waals surface area contributed by atoms with Crippen LogP contribution in [-0.2, 0) is 12.8 Å². The molecule has 5 nitrogen and oxygen atoms in total. The van der Waals surface area contributed by atoms with Gasteiger partial charge >= 0.3 is 0 Å². The number of benzene rings is 3. The van der Waals surface area contributed by atoms with E-state index in [1.54, 1.807) is 33.5 Å². The van der Waals surface area contributed by atoms with Gasteiger partial charge in [0.15, 0.2) is 17.3 Å². The first kappa shape index (κ1) is 26.1. The molecule has 0 saturated heterocycles. The van der Waals surface area contributed by atoms with Crippen molar-refractivity contribution in [1.29, 1.82) is 0 Å². The summed E-state index contributed by atoms with van der Waals surface area (Å²) in [5.41, 5.74) is 5.78. The summed E-state index contributed by atoms with van der Waals surface area (Å²) in [6, 6.07) is 16.5. The Morgan fingerprint density at radius 2 is 1.51 bits per heavy atom. The predicted octanol–water partition coefficient (Wildman–Crippen LogP) is 5.12. The molecule has 1 N–H and O–H groups in total. The smallest absolute Gasteiger partial charge is 0.203 e. The van der Waals surface area contributed by atoms with E-state index in [-0.39, 0.29) is 11.7 Å². The van der Waals surface area contributed by atoms with Gasteiger partial charge in [0.25, 0.3) is 0 Å². The van der Waals surface area contributed by atoms with Gasteiger partial charge in [-0.15, -0.1) is 0 Å². The van der Waals surface area contributed by atoms with E-state index >= 15 is 0 Å². The van der Waals surface area contributed by atoms with E-state index in [1.807, 2.05) is 36.7 Å². The second-order valence-electron chi connectivity index (χ2n) is 9.52. The maximum absolute atomic E-state index is 13.5. The minimum absolute atomic E-state index is 0.0729. The number of carbonyl (C=O) groups is 1. The van der Waals surface area contributed by atoms with Crippen LogP contribution in [0.4, 0.5) is 0 Å². The van der Waals surface area contributed by atoms with Gasteiger partial charge in [-0.05, 0) is 76.2 Å². The van der Waals surface area contributed by atoms with Gasteiger partial charge in [-0.2, -0.15) is 0 Å². The minimum atomic E-state index is -0.192. The van der Waals surface area contributed by atoms with E-state index in [0.29, 0.717) is 22.8 Å². The van der Waals surface area contributed by atoms with Crippen molar-refractivity contribution in [2.24, 2.45) is 5.92 Å². The van der Waals surface area contributed by atoms with Crippen LogP contribution in [0.25, 0.3) is 23.3 Å². The van der Waals surface area contributed by atoms with Gasteiger partial charge in [0.2, 0.25) is 5.75 Å². The summed E-state index contributed by atoms with van der Waals surface area (Å²) in [5.74, 6) is 1.36. The molecule has 3 aliphatic rings. The Hall–Kier alpha value is -4.51. The number of allylic oxidation sites excluding steroid dienone is 4. The lowest BCUT2D eigenvalue weighted by Gasteiger charge is -2.22. The summed E-state index contributed by atoms with van der Waals surface area (Å²) >= 11 is 0. The molecule has 0 spiro atoms. The number of hydrogen-bond donors (Lipinski definition) is 1. The van der Waals surface area contributed by atoms with Crippen LogP contribution >= 0.6 is 0 Å². The van der Waals surface area contributed by atoms with Crippen molar-refractivity contribution in [3.63, 3.8) is 0 Å². The lowest BCUT2D eigenvalue weighted by Crippen LogP contribution is -2.37. The molecule has 1 heterocycles. The Balaban J connectivity index is 0.000000384. The van der Waals surface area contributed by atoms with Crippen molar-refractivity contribution in [2.75, 3.05) is 21.3 Å². The predicted molar refractivity (Wildman–Crippen MR) is 157 cm³/mol. The first-order valence-corrected chi connectivity index (χ1v) is 13.2. The van der Waals surface area contributed by atoms with Crippen LogP contribution in [0.1, 0.15) is 27.9 Å². The summed E-state index contributed by atoms with van der Waals surface area (Å²) in [7, 11) is 4.69. The van der Waals surface area contributed by atoms with E-state index in [0.717, 1.165) is 19.3 Å². The number of ether oxygens (including phenoxy) is 3. The molecule has 0 bridgehead atoms. The lowest BCUT2D eigenvalue weighted by atomic mass is 9.82. The largest absolute Gasteiger partial charge is 0.493 e. The number of nitrogens with one attached hydrogen (secondary N) is 1. The van der Waals surface area contributed by atoms with Gasteiger partial charge in [0, 0.05) is 23.9 Å². The molecule has 0 radical (unpaired) electrons. The number of aryl methyl sites for hydroxylation is 1. The van der Waals surface area contributed by atoms with Gasteiger partial charge in [-0.3, -0.25) is 4.79 Å². The van der Waals surface area contributed by atoms with E-state index in [4.69, 9.17) is 14.2 Å². The molecule has 0 aromatic heterocycles. The van der Waals surface area contributed by atoms with Crippen LogP contribution < -0.4 is 30.0 Å². The van der Waals surface area contributed by atoms with Gasteiger partial charge in [-0.25, -0.2) is 0 Å². The fraction of sp³-hybridized carbons (Fsp3) is 0.206. The number of ketones is 1. The van der Waals surface area contributed by atoms with Crippen molar-refractivity contribution in [3.8, 4) is 28.4 Å². The number of Topliss-reactive ketones (excluding diaryl/α,β-unsaturated/α-hetero) is 1. The van der Waals surface area contributed by atoms with Gasteiger partial charge in [0.1, 0.15) is 0 Å². The molecule has 0 fully saturated rings. The van der Waals surface area contributed by atoms with Crippen molar-refractivity contribution >= 4 is 17.9 Å². The van der Waals surface area contributed by atoms with E-state index in [9.17, 15) is 4.79 Å². The highest BCUT2D eigenvalue weighted by Gasteiger charge is 2.25. The first-order chi connectivity index (χ1) is 19.1. The maximum Gasteiger partial charge on any atom is 0.203 e. The summed E-state index contributed by atoms with van der Waals surface area (Å²) in [6.07, 6.45) is 18.6. The zero-order valence-corrected chi connectivity index (χ0v) is 22.6. The fourth-order valence-electron chi connectivity index (χ4n) is 5.37. The van der Waals surface area contributed by atoms with E-state index in [2.05, 4.69) is 53.9 Å². The van der Waals surface area contributed by atoms with Crippen molar-refractivity contribution < 1.29 is 19.0 Å². The van der Waals surface area contributed by atoms with Crippen LogP contribution in [0.15, 0.2) is 85.2 Å². The quantitative estimate of drug-likeness (QED) is 0.475. The SMILES string of the molecule is C1=CC=CNC=C1.COc1cc(C(=O)C2C=c3c(ccc4c3=CCc3ccccc3-4)CC2)cc(OC)c1OC. The number of rotatable bonds is 5. The molecular weight excluding hydrogens is 486 g/mol. The third kappa shape index (κ3) is 5.39. The van der Waals surface area contributed by atoms with Crippen molar-refractivity contribution in [1.82, 2.24) is 5.32 Å². The molecular formula is C34H33NO4. The molecule has 1 atom stereocenters. The summed E-state index contributed by atoms with van der Waals surface area (Å²) < 4.78 is 16.3. The first-order valence-electron chi connectivity index (χ1n) is 13.2. The van der Waals surface area contributed by atoms with Crippen LogP contribution in [-0.4, -0.2) is 27.1 Å². The Morgan fingerprint density at radius 1 is 0.795 bits per heavy atom. The van der Waals surface area contributed by atoms with E-state index in [1.165, 1.54) is 32.7 Å². The maximum atomic E-state index is 13.5. The summed E-state index contributed by atoms with van der Waals surface area (Å²) in [6.45, 7) is 0. The molecule has 39 heavy (non-hydrogen) atoms. The zero-order valence-electron chi connectivity index (χ0n) is 22.6. The van der Waals surface area contributed by atoms with Crippen LogP contribution in [0.5, 0.6) is 17.2 Å². The third-order valence-electron chi connectivity index (χ3n) is 7.31. The third-order valence-corrected chi connectivity index (χ3v) is 7.31. The topological polar surface area (TPSA) is 56.8 Å². The molecule has 0 saturated carbocycles. The van der Waals surface area contributed by atoms with Gasteiger partial charge < -0.3 is 19.5 Å². The minimum Gasteiger partial charge on any atom is -0.493 e. The molecule has 198 valence electrons. The molecule has 5 heteroatoms. The molecule has 3 aromatic carbocycles. The Kier molecular flexibility index (Phi) is 7.97. The monoisotopic (exact) mass is 519 g/mol. The Labute approximate surface area is 229 Å². The molecule has 6 rings (SSSR count). The van der Waals surface area contributed by atoms with Crippen LogP contribution in [0.2, 0.25) is 0 Å². The molecule has 0 amide bonds. The second-order valence-corrected chi connectivity index (χ2v) is 9.52. The van der Waals surface area contributed by atoms with Crippen molar-refractivity contribution in [3.05, 3.63) is 112 Å². The second kappa shape index (κ2) is 11.9. The summed E-state index contributed by atoms with van der Waals surface area (Å²) in [4.78, 5) is 13.5. The highest BCUT2D eigenvalue weighted by molar-refractivity contribution is 6.02. The highest BCUT2D eigenvalue weighted by Crippen LogP contribution is 2.39. The van der Waals surface area contributed by atoms with E-state index < -0.39 is 0 Å². The molecule has 3 aromatic rings. The normalized spacial score (nSPS) is 15.9. The summed E-state index contributed by atoms with van der Waals surface area (Å²) in [5, 5.41) is 5.38. The van der Waals surface area contributed by atoms with Gasteiger partial charge in [-0.1, -0.05) is 60.7 Å². The zero-order chi connectivity index (χ0) is 27.2. The average molecular weight is 520 g/mol. The molecule has 1 unspecified atom stereocenters. The number of methoxy groups -OCH3 is 3. The number of fused-ring (bicyclic) bond motifs is 5. The number of hydrogen-bond acceptors (Lipinski definition) is 5. The van der Waals surface area contributed by atoms with Crippen molar-refractivity contribution in [2.45, 2.75) is 19.3 Å².